The monoisotopic (exact) mass is 250 g/mol. The first-order valence-electron chi connectivity index (χ1n) is 5.55. The molecule has 0 spiro atoms. The Bertz CT molecular complexity index is 417. The van der Waals surface area contributed by atoms with E-state index in [-0.39, 0.29) is 17.8 Å². The summed E-state index contributed by atoms with van der Waals surface area (Å²) in [5.41, 5.74) is 5.97. The molecule has 6 heteroatoms. The van der Waals surface area contributed by atoms with Crippen LogP contribution in [0.3, 0.4) is 0 Å². The molecule has 0 aliphatic rings. The molecule has 0 saturated heterocycles. The molecule has 1 atom stereocenters. The van der Waals surface area contributed by atoms with Crippen molar-refractivity contribution in [3.05, 3.63) is 24.3 Å². The number of hydrogen-bond donors (Lipinski definition) is 4. The lowest BCUT2D eigenvalue weighted by atomic mass is 10.1. The molecular formula is C12H18N4O2. The number of nitrogens with two attached hydrogens (primary N) is 1. The highest BCUT2D eigenvalue weighted by Gasteiger charge is 2.07. The van der Waals surface area contributed by atoms with Gasteiger partial charge in [-0.25, -0.2) is 4.79 Å². The molecule has 0 fully saturated rings. The zero-order valence-corrected chi connectivity index (χ0v) is 10.5. The van der Waals surface area contributed by atoms with Crippen molar-refractivity contribution < 1.29 is 9.53 Å². The Morgan fingerprint density at radius 1 is 1.44 bits per heavy atom. The number of benzene rings is 1. The number of nitrogens with one attached hydrogen (secondary N) is 3. The van der Waals surface area contributed by atoms with Crippen LogP contribution in [0.5, 0.6) is 5.75 Å². The van der Waals surface area contributed by atoms with Crippen molar-refractivity contribution in [2.24, 2.45) is 11.7 Å². The van der Waals surface area contributed by atoms with Crippen LogP contribution in [0.25, 0.3) is 0 Å². The van der Waals surface area contributed by atoms with Crippen LogP contribution in [0.2, 0.25) is 0 Å². The minimum Gasteiger partial charge on any atom is -0.497 e. The summed E-state index contributed by atoms with van der Waals surface area (Å²) < 4.78 is 5.01. The van der Waals surface area contributed by atoms with Gasteiger partial charge in [-0.15, -0.1) is 0 Å². The first kappa shape index (κ1) is 13.8. The van der Waals surface area contributed by atoms with Crippen LogP contribution in [-0.4, -0.2) is 25.5 Å². The molecular weight excluding hydrogens is 232 g/mol. The van der Waals surface area contributed by atoms with E-state index in [0.29, 0.717) is 12.2 Å². The number of urea groups is 1. The van der Waals surface area contributed by atoms with Gasteiger partial charge < -0.3 is 21.1 Å². The maximum absolute atomic E-state index is 11.5. The molecule has 0 bridgehead atoms. The maximum Gasteiger partial charge on any atom is 0.319 e. The van der Waals surface area contributed by atoms with Gasteiger partial charge in [0.2, 0.25) is 0 Å². The second-order valence-corrected chi connectivity index (χ2v) is 3.92. The number of carbonyl (C=O) groups is 1. The van der Waals surface area contributed by atoms with Crippen molar-refractivity contribution in [1.82, 2.24) is 5.32 Å². The average molecular weight is 250 g/mol. The van der Waals surface area contributed by atoms with Crippen LogP contribution in [0.1, 0.15) is 6.92 Å². The maximum atomic E-state index is 11.5. The molecule has 1 unspecified atom stereocenters. The van der Waals surface area contributed by atoms with E-state index < -0.39 is 0 Å². The van der Waals surface area contributed by atoms with Crippen LogP contribution < -0.4 is 21.1 Å². The molecule has 5 N–H and O–H groups in total. The molecule has 0 aliphatic heterocycles. The van der Waals surface area contributed by atoms with E-state index >= 15 is 0 Å². The molecule has 1 aromatic carbocycles. The molecule has 1 rings (SSSR count). The smallest absolute Gasteiger partial charge is 0.319 e. The molecule has 0 aromatic heterocycles. The topological polar surface area (TPSA) is 100 Å². The van der Waals surface area contributed by atoms with Crippen LogP contribution >= 0.6 is 0 Å². The molecule has 0 radical (unpaired) electrons. The molecule has 1 aromatic rings. The number of ether oxygens (including phenoxy) is 1. The summed E-state index contributed by atoms with van der Waals surface area (Å²) >= 11 is 0. The number of hydrogen-bond acceptors (Lipinski definition) is 3. The first-order valence-corrected chi connectivity index (χ1v) is 5.55. The lowest BCUT2D eigenvalue weighted by Gasteiger charge is -2.12. The van der Waals surface area contributed by atoms with Crippen LogP contribution in [0, 0.1) is 11.3 Å². The molecule has 98 valence electrons. The van der Waals surface area contributed by atoms with Crippen LogP contribution in [-0.2, 0) is 0 Å². The van der Waals surface area contributed by atoms with Gasteiger partial charge in [-0.3, -0.25) is 5.41 Å². The predicted octanol–water partition coefficient (Wildman–Crippen LogP) is 1.39. The quantitative estimate of drug-likeness (QED) is 0.469. The van der Waals surface area contributed by atoms with Gasteiger partial charge in [0.05, 0.1) is 12.9 Å². The lowest BCUT2D eigenvalue weighted by Crippen LogP contribution is -2.36. The average Bonchev–Trinajstić information content (AvgIpc) is 2.36. The highest BCUT2D eigenvalue weighted by Crippen LogP contribution is 2.14. The molecule has 0 aliphatic carbocycles. The fourth-order valence-electron chi connectivity index (χ4n) is 1.21. The third-order valence-electron chi connectivity index (χ3n) is 2.45. The van der Waals surface area contributed by atoms with Gasteiger partial charge in [0.15, 0.2) is 0 Å². The number of amides is 2. The standard InChI is InChI=1S/C12H18N4O2/c1-8(11(13)14)7-15-12(17)16-9-3-5-10(18-2)6-4-9/h3-6,8H,7H2,1-2H3,(H3,13,14)(H2,15,16,17). The van der Waals surface area contributed by atoms with E-state index in [1.54, 1.807) is 38.3 Å². The van der Waals surface area contributed by atoms with Crippen molar-refractivity contribution in [2.75, 3.05) is 19.0 Å². The van der Waals surface area contributed by atoms with Crippen molar-refractivity contribution in [3.63, 3.8) is 0 Å². The number of amidine groups is 1. The third-order valence-corrected chi connectivity index (χ3v) is 2.45. The van der Waals surface area contributed by atoms with E-state index in [9.17, 15) is 4.79 Å². The summed E-state index contributed by atoms with van der Waals surface area (Å²) in [5.74, 6) is 0.609. The highest BCUT2D eigenvalue weighted by atomic mass is 16.5. The zero-order valence-electron chi connectivity index (χ0n) is 10.5. The second-order valence-electron chi connectivity index (χ2n) is 3.92. The van der Waals surface area contributed by atoms with Gasteiger partial charge in [0.1, 0.15) is 5.75 Å². The minimum atomic E-state index is -0.326. The number of anilines is 1. The second kappa shape index (κ2) is 6.48. The summed E-state index contributed by atoms with van der Waals surface area (Å²) in [4.78, 5) is 11.5. The van der Waals surface area contributed by atoms with Gasteiger partial charge >= 0.3 is 6.03 Å². The molecule has 0 heterocycles. The fraction of sp³-hybridized carbons (Fsp3) is 0.333. The van der Waals surface area contributed by atoms with Crippen LogP contribution in [0.15, 0.2) is 24.3 Å². The number of rotatable bonds is 5. The molecule has 2 amide bonds. The zero-order chi connectivity index (χ0) is 13.5. The van der Waals surface area contributed by atoms with Gasteiger partial charge in [-0.05, 0) is 24.3 Å². The van der Waals surface area contributed by atoms with E-state index in [0.717, 1.165) is 5.75 Å². The Labute approximate surface area is 106 Å². The van der Waals surface area contributed by atoms with E-state index in [4.69, 9.17) is 15.9 Å². The normalized spacial score (nSPS) is 11.4. The molecule has 0 saturated carbocycles. The van der Waals surface area contributed by atoms with Crippen molar-refractivity contribution >= 4 is 17.6 Å². The Kier molecular flexibility index (Phi) is 4.98. The van der Waals surface area contributed by atoms with E-state index in [1.165, 1.54) is 0 Å². The number of methoxy groups -OCH3 is 1. The summed E-state index contributed by atoms with van der Waals surface area (Å²) in [7, 11) is 1.58. The van der Waals surface area contributed by atoms with E-state index in [1.807, 2.05) is 0 Å². The Morgan fingerprint density at radius 3 is 2.56 bits per heavy atom. The Balaban J connectivity index is 2.42. The number of carbonyl (C=O) groups excluding carboxylic acids is 1. The van der Waals surface area contributed by atoms with E-state index in [2.05, 4.69) is 10.6 Å². The van der Waals surface area contributed by atoms with Crippen LogP contribution in [0.4, 0.5) is 10.5 Å². The minimum absolute atomic E-state index is 0.0553. The van der Waals surface area contributed by atoms with Crippen molar-refractivity contribution in [1.29, 1.82) is 5.41 Å². The third kappa shape index (κ3) is 4.32. The van der Waals surface area contributed by atoms with Crippen molar-refractivity contribution in [2.45, 2.75) is 6.92 Å². The largest absolute Gasteiger partial charge is 0.497 e. The summed E-state index contributed by atoms with van der Waals surface area (Å²) in [5, 5.41) is 12.5. The van der Waals surface area contributed by atoms with Gasteiger partial charge in [0, 0.05) is 18.2 Å². The predicted molar refractivity (Wildman–Crippen MR) is 71.1 cm³/mol. The Morgan fingerprint density at radius 2 is 2.06 bits per heavy atom. The summed E-state index contributed by atoms with van der Waals surface area (Å²) in [6.07, 6.45) is 0. The fourth-order valence-corrected chi connectivity index (χ4v) is 1.21. The summed E-state index contributed by atoms with van der Waals surface area (Å²) in [6, 6.07) is 6.68. The SMILES string of the molecule is COc1ccc(NC(=O)NCC(C)C(=N)N)cc1. The lowest BCUT2D eigenvalue weighted by molar-refractivity contribution is 0.251. The van der Waals surface area contributed by atoms with Gasteiger partial charge in [-0.2, -0.15) is 0 Å². The molecule has 18 heavy (non-hydrogen) atoms. The highest BCUT2D eigenvalue weighted by molar-refractivity contribution is 5.89. The molecule has 6 nitrogen and oxygen atoms in total. The Hall–Kier alpha value is -2.24. The first-order chi connectivity index (χ1) is 8.52. The van der Waals surface area contributed by atoms with Gasteiger partial charge in [-0.1, -0.05) is 6.92 Å². The summed E-state index contributed by atoms with van der Waals surface area (Å²) in [6.45, 7) is 2.10. The van der Waals surface area contributed by atoms with Crippen molar-refractivity contribution in [3.8, 4) is 5.75 Å². The van der Waals surface area contributed by atoms with Gasteiger partial charge in [0.25, 0.3) is 0 Å².